The van der Waals surface area contributed by atoms with Crippen LogP contribution in [0.25, 0.3) is 0 Å². The SMILES string of the molecule is Cc1cc(C)nc(O[C@@H]2CCCN(C(=O)CN3CCOC3=O)C2)n1. The summed E-state index contributed by atoms with van der Waals surface area (Å²) >= 11 is 0. The lowest BCUT2D eigenvalue weighted by molar-refractivity contribution is -0.134. The lowest BCUT2D eigenvalue weighted by Crippen LogP contribution is -2.48. The quantitative estimate of drug-likeness (QED) is 0.814. The molecule has 0 aliphatic carbocycles. The van der Waals surface area contributed by atoms with Gasteiger partial charge < -0.3 is 14.4 Å². The molecule has 0 spiro atoms. The van der Waals surface area contributed by atoms with Gasteiger partial charge >= 0.3 is 12.1 Å². The molecule has 0 N–H and O–H groups in total. The second kappa shape index (κ2) is 7.02. The summed E-state index contributed by atoms with van der Waals surface area (Å²) in [5.41, 5.74) is 1.71. The average molecular weight is 334 g/mol. The first-order valence-corrected chi connectivity index (χ1v) is 8.19. The van der Waals surface area contributed by atoms with Gasteiger partial charge in [-0.1, -0.05) is 0 Å². The number of likely N-dealkylation sites (tertiary alicyclic amines) is 1. The van der Waals surface area contributed by atoms with Crippen LogP contribution in [-0.4, -0.2) is 70.7 Å². The van der Waals surface area contributed by atoms with E-state index in [1.54, 1.807) is 4.90 Å². The topological polar surface area (TPSA) is 84.9 Å². The molecule has 2 fully saturated rings. The molecule has 0 saturated carbocycles. The molecule has 3 rings (SSSR count). The number of carbonyl (C=O) groups is 2. The van der Waals surface area contributed by atoms with E-state index in [0.29, 0.717) is 32.3 Å². The second-order valence-corrected chi connectivity index (χ2v) is 6.19. The predicted octanol–water partition coefficient (Wildman–Crippen LogP) is 0.915. The molecule has 24 heavy (non-hydrogen) atoms. The highest BCUT2D eigenvalue weighted by atomic mass is 16.6. The minimum atomic E-state index is -0.420. The molecule has 0 unspecified atom stereocenters. The van der Waals surface area contributed by atoms with E-state index >= 15 is 0 Å². The van der Waals surface area contributed by atoms with Gasteiger partial charge in [-0.3, -0.25) is 9.69 Å². The molecule has 2 amide bonds. The molecular weight excluding hydrogens is 312 g/mol. The monoisotopic (exact) mass is 334 g/mol. The Labute approximate surface area is 140 Å². The van der Waals surface area contributed by atoms with Crippen molar-refractivity contribution in [3.63, 3.8) is 0 Å². The van der Waals surface area contributed by atoms with E-state index in [2.05, 4.69) is 9.97 Å². The number of amides is 2. The Hall–Kier alpha value is -2.38. The number of aryl methyl sites for hydroxylation is 2. The third kappa shape index (κ3) is 3.93. The van der Waals surface area contributed by atoms with Crippen LogP contribution >= 0.6 is 0 Å². The van der Waals surface area contributed by atoms with E-state index in [-0.39, 0.29) is 18.6 Å². The number of carbonyl (C=O) groups excluding carboxylic acids is 2. The fourth-order valence-corrected chi connectivity index (χ4v) is 2.99. The van der Waals surface area contributed by atoms with Crippen LogP contribution in [0, 0.1) is 13.8 Å². The van der Waals surface area contributed by atoms with Gasteiger partial charge in [0.15, 0.2) is 0 Å². The fourth-order valence-electron chi connectivity index (χ4n) is 2.99. The van der Waals surface area contributed by atoms with Crippen LogP contribution in [-0.2, 0) is 9.53 Å². The lowest BCUT2D eigenvalue weighted by Gasteiger charge is -2.33. The highest BCUT2D eigenvalue weighted by molar-refractivity contribution is 5.83. The zero-order valence-electron chi connectivity index (χ0n) is 14.0. The number of nitrogens with zero attached hydrogens (tertiary/aromatic N) is 4. The summed E-state index contributed by atoms with van der Waals surface area (Å²) < 4.78 is 10.7. The minimum Gasteiger partial charge on any atom is -0.458 e. The molecule has 8 nitrogen and oxygen atoms in total. The summed E-state index contributed by atoms with van der Waals surface area (Å²) in [6, 6.07) is 2.24. The van der Waals surface area contributed by atoms with E-state index in [1.807, 2.05) is 19.9 Å². The number of ether oxygens (including phenoxy) is 2. The maximum Gasteiger partial charge on any atom is 0.410 e. The van der Waals surface area contributed by atoms with Crippen molar-refractivity contribution >= 4 is 12.0 Å². The van der Waals surface area contributed by atoms with Gasteiger partial charge in [0, 0.05) is 17.9 Å². The normalized spacial score (nSPS) is 20.9. The zero-order chi connectivity index (χ0) is 17.1. The smallest absolute Gasteiger partial charge is 0.410 e. The Balaban J connectivity index is 1.57. The van der Waals surface area contributed by atoms with E-state index < -0.39 is 6.09 Å². The molecule has 2 saturated heterocycles. The van der Waals surface area contributed by atoms with Gasteiger partial charge in [-0.05, 0) is 32.8 Å². The summed E-state index contributed by atoms with van der Waals surface area (Å²) in [4.78, 5) is 35.6. The Kier molecular flexibility index (Phi) is 4.82. The molecule has 1 aromatic rings. The molecule has 130 valence electrons. The molecule has 0 radical (unpaired) electrons. The van der Waals surface area contributed by atoms with Crippen molar-refractivity contribution < 1.29 is 19.1 Å². The molecule has 1 aromatic heterocycles. The molecule has 8 heteroatoms. The van der Waals surface area contributed by atoms with Gasteiger partial charge in [0.2, 0.25) is 5.91 Å². The number of piperidine rings is 1. The minimum absolute atomic E-state index is 0.0611. The highest BCUT2D eigenvalue weighted by Gasteiger charge is 2.30. The van der Waals surface area contributed by atoms with Crippen LogP contribution < -0.4 is 4.74 Å². The number of rotatable bonds is 4. The molecule has 0 aromatic carbocycles. The number of hydrogen-bond acceptors (Lipinski definition) is 6. The number of aromatic nitrogens is 2. The van der Waals surface area contributed by atoms with Gasteiger partial charge in [-0.2, -0.15) is 0 Å². The van der Waals surface area contributed by atoms with Crippen molar-refractivity contribution in [2.24, 2.45) is 0 Å². The van der Waals surface area contributed by atoms with Crippen molar-refractivity contribution in [3.05, 3.63) is 17.5 Å². The van der Waals surface area contributed by atoms with Crippen molar-refractivity contribution in [3.8, 4) is 6.01 Å². The first kappa shape index (κ1) is 16.5. The van der Waals surface area contributed by atoms with Gasteiger partial charge in [0.1, 0.15) is 19.3 Å². The molecule has 2 aliphatic heterocycles. The lowest BCUT2D eigenvalue weighted by atomic mass is 10.1. The van der Waals surface area contributed by atoms with Crippen LogP contribution in [0.2, 0.25) is 0 Å². The van der Waals surface area contributed by atoms with Gasteiger partial charge in [0.25, 0.3) is 0 Å². The summed E-state index contributed by atoms with van der Waals surface area (Å²) in [5.74, 6) is -0.0801. The zero-order valence-corrected chi connectivity index (χ0v) is 14.0. The summed E-state index contributed by atoms with van der Waals surface area (Å²) in [7, 11) is 0. The third-order valence-corrected chi connectivity index (χ3v) is 4.14. The Bertz CT molecular complexity index is 616. The number of hydrogen-bond donors (Lipinski definition) is 0. The van der Waals surface area contributed by atoms with E-state index in [1.165, 1.54) is 4.90 Å². The average Bonchev–Trinajstić information content (AvgIpc) is 2.91. The van der Waals surface area contributed by atoms with Crippen molar-refractivity contribution in [1.29, 1.82) is 0 Å². The molecular formula is C16H22N4O4. The van der Waals surface area contributed by atoms with Crippen LogP contribution in [0.15, 0.2) is 6.07 Å². The standard InChI is InChI=1S/C16H22N4O4/c1-11-8-12(2)18-15(17-11)24-13-4-3-5-19(9-13)14(21)10-20-6-7-23-16(20)22/h8,13H,3-7,9-10H2,1-2H3/t13-/m1/s1. The Morgan fingerprint density at radius 3 is 2.75 bits per heavy atom. The first-order valence-electron chi connectivity index (χ1n) is 8.19. The fraction of sp³-hybridized carbons (Fsp3) is 0.625. The van der Waals surface area contributed by atoms with Gasteiger partial charge in [-0.15, -0.1) is 0 Å². The molecule has 1 atom stereocenters. The van der Waals surface area contributed by atoms with E-state index in [0.717, 1.165) is 24.2 Å². The van der Waals surface area contributed by atoms with E-state index in [4.69, 9.17) is 9.47 Å². The van der Waals surface area contributed by atoms with Crippen molar-refractivity contribution in [1.82, 2.24) is 19.8 Å². The van der Waals surface area contributed by atoms with Crippen molar-refractivity contribution in [2.75, 3.05) is 32.8 Å². The van der Waals surface area contributed by atoms with Crippen LogP contribution in [0.4, 0.5) is 4.79 Å². The van der Waals surface area contributed by atoms with Gasteiger partial charge in [-0.25, -0.2) is 14.8 Å². The Morgan fingerprint density at radius 2 is 2.08 bits per heavy atom. The molecule has 2 aliphatic rings. The largest absolute Gasteiger partial charge is 0.458 e. The molecule has 3 heterocycles. The molecule has 0 bridgehead atoms. The Morgan fingerprint density at radius 1 is 1.33 bits per heavy atom. The maximum atomic E-state index is 12.4. The second-order valence-electron chi connectivity index (χ2n) is 6.19. The van der Waals surface area contributed by atoms with Crippen LogP contribution in [0.5, 0.6) is 6.01 Å². The van der Waals surface area contributed by atoms with Crippen LogP contribution in [0.3, 0.4) is 0 Å². The van der Waals surface area contributed by atoms with E-state index in [9.17, 15) is 9.59 Å². The predicted molar refractivity (Wildman–Crippen MR) is 84.7 cm³/mol. The third-order valence-electron chi connectivity index (χ3n) is 4.14. The maximum absolute atomic E-state index is 12.4. The summed E-state index contributed by atoms with van der Waals surface area (Å²) in [6.07, 6.45) is 1.16. The summed E-state index contributed by atoms with van der Waals surface area (Å²) in [5, 5.41) is 0. The van der Waals surface area contributed by atoms with Crippen molar-refractivity contribution in [2.45, 2.75) is 32.8 Å². The summed E-state index contributed by atoms with van der Waals surface area (Å²) in [6.45, 7) is 5.83. The number of cyclic esters (lactones) is 1. The first-order chi connectivity index (χ1) is 11.5. The van der Waals surface area contributed by atoms with Gasteiger partial charge in [0.05, 0.1) is 13.1 Å². The highest BCUT2D eigenvalue weighted by Crippen LogP contribution is 2.17. The van der Waals surface area contributed by atoms with Crippen LogP contribution in [0.1, 0.15) is 24.2 Å².